The number of amides is 1. The Morgan fingerprint density at radius 3 is 3.05 bits per heavy atom. The van der Waals surface area contributed by atoms with E-state index in [1.165, 1.54) is 11.3 Å². The van der Waals surface area contributed by atoms with E-state index in [2.05, 4.69) is 15.6 Å². The summed E-state index contributed by atoms with van der Waals surface area (Å²) in [6, 6.07) is 4.47. The van der Waals surface area contributed by atoms with E-state index in [-0.39, 0.29) is 0 Å². The van der Waals surface area contributed by atoms with Crippen LogP contribution in [0.4, 0.5) is 13.9 Å². The molecule has 0 radical (unpaired) electrons. The van der Waals surface area contributed by atoms with Gasteiger partial charge in [0.1, 0.15) is 5.75 Å². The van der Waals surface area contributed by atoms with Crippen molar-refractivity contribution in [2.24, 2.45) is 0 Å². The Balaban J connectivity index is 1.74. The second kappa shape index (κ2) is 5.19. The second-order valence-corrected chi connectivity index (χ2v) is 5.87. The molecule has 5 nitrogen and oxygen atoms in total. The molecule has 2 heterocycles. The average molecular weight is 313 g/mol. The summed E-state index contributed by atoms with van der Waals surface area (Å²) in [5.74, 6) is -2.62. The highest BCUT2D eigenvalue weighted by molar-refractivity contribution is 7.22. The van der Waals surface area contributed by atoms with Gasteiger partial charge in [-0.3, -0.25) is 10.1 Å². The van der Waals surface area contributed by atoms with Crippen LogP contribution in [0.3, 0.4) is 0 Å². The molecule has 0 bridgehead atoms. The van der Waals surface area contributed by atoms with Gasteiger partial charge >= 0.3 is 0 Å². The van der Waals surface area contributed by atoms with Gasteiger partial charge in [-0.1, -0.05) is 11.3 Å². The molecule has 1 unspecified atom stereocenters. The number of methoxy groups -OCH3 is 1. The topological polar surface area (TPSA) is 63.2 Å². The number of anilines is 1. The first-order valence-corrected chi connectivity index (χ1v) is 7.15. The number of nitrogens with zero attached hydrogens (tertiary/aromatic N) is 1. The minimum Gasteiger partial charge on any atom is -0.497 e. The normalized spacial score (nSPS) is 20.6. The first-order chi connectivity index (χ1) is 9.97. The molecule has 2 aromatic rings. The van der Waals surface area contributed by atoms with E-state index in [0.29, 0.717) is 10.9 Å². The largest absolute Gasteiger partial charge is 0.497 e. The van der Waals surface area contributed by atoms with Crippen molar-refractivity contribution in [3.05, 3.63) is 18.2 Å². The smallest absolute Gasteiger partial charge is 0.262 e. The standard InChI is InChI=1S/C13H13F2N3O2S/c1-20-7-2-3-8-10(4-7)21-12(17-8)18-11(19)9-5-13(14,15)6-16-9/h2-4,9,16H,5-6H2,1H3,(H,17,18,19). The van der Waals surface area contributed by atoms with Crippen LogP contribution in [0.2, 0.25) is 0 Å². The van der Waals surface area contributed by atoms with Gasteiger partial charge in [-0.05, 0) is 18.2 Å². The first-order valence-electron chi connectivity index (χ1n) is 6.33. The fourth-order valence-corrected chi connectivity index (χ4v) is 3.08. The number of hydrogen-bond acceptors (Lipinski definition) is 5. The van der Waals surface area contributed by atoms with E-state index in [9.17, 15) is 13.6 Å². The van der Waals surface area contributed by atoms with Crippen molar-refractivity contribution in [2.45, 2.75) is 18.4 Å². The van der Waals surface area contributed by atoms with Gasteiger partial charge in [-0.25, -0.2) is 13.8 Å². The number of fused-ring (bicyclic) bond motifs is 1. The number of thiazole rings is 1. The lowest BCUT2D eigenvalue weighted by Crippen LogP contribution is -2.35. The highest BCUT2D eigenvalue weighted by atomic mass is 32.1. The average Bonchev–Trinajstić information content (AvgIpc) is 3.00. The number of benzene rings is 1. The Hall–Kier alpha value is -1.80. The van der Waals surface area contributed by atoms with E-state index in [4.69, 9.17) is 4.74 Å². The summed E-state index contributed by atoms with van der Waals surface area (Å²) in [6.45, 7) is -0.470. The molecular formula is C13H13F2N3O2S. The molecule has 0 spiro atoms. The van der Waals surface area contributed by atoms with Crippen LogP contribution in [0.15, 0.2) is 18.2 Å². The Morgan fingerprint density at radius 2 is 2.38 bits per heavy atom. The van der Waals surface area contributed by atoms with Crippen LogP contribution in [0, 0.1) is 0 Å². The molecule has 0 aliphatic carbocycles. The maximum atomic E-state index is 13.1. The number of nitrogens with one attached hydrogen (secondary N) is 2. The zero-order valence-electron chi connectivity index (χ0n) is 11.2. The summed E-state index contributed by atoms with van der Waals surface area (Å²) >= 11 is 1.28. The molecule has 1 atom stereocenters. The molecule has 1 amide bonds. The van der Waals surface area contributed by atoms with E-state index in [1.807, 2.05) is 6.07 Å². The fraction of sp³-hybridized carbons (Fsp3) is 0.385. The van der Waals surface area contributed by atoms with E-state index >= 15 is 0 Å². The van der Waals surface area contributed by atoms with Crippen molar-refractivity contribution >= 4 is 32.6 Å². The molecule has 21 heavy (non-hydrogen) atoms. The number of alkyl halides is 2. The number of rotatable bonds is 3. The van der Waals surface area contributed by atoms with Crippen LogP contribution in [0.25, 0.3) is 10.2 Å². The van der Waals surface area contributed by atoms with Gasteiger partial charge in [0.05, 0.1) is 29.9 Å². The molecule has 112 valence electrons. The van der Waals surface area contributed by atoms with Crippen LogP contribution < -0.4 is 15.4 Å². The van der Waals surface area contributed by atoms with E-state index in [1.54, 1.807) is 19.2 Å². The van der Waals surface area contributed by atoms with Crippen LogP contribution in [0.5, 0.6) is 5.75 Å². The van der Waals surface area contributed by atoms with Crippen molar-refractivity contribution in [2.75, 3.05) is 19.0 Å². The molecule has 2 N–H and O–H groups in total. The van der Waals surface area contributed by atoms with Crippen molar-refractivity contribution in [1.82, 2.24) is 10.3 Å². The minimum absolute atomic E-state index is 0.389. The number of aromatic nitrogens is 1. The number of carbonyl (C=O) groups is 1. The zero-order valence-corrected chi connectivity index (χ0v) is 12.0. The Morgan fingerprint density at radius 1 is 1.57 bits per heavy atom. The molecular weight excluding hydrogens is 300 g/mol. The highest BCUT2D eigenvalue weighted by Crippen LogP contribution is 2.30. The first kappa shape index (κ1) is 14.2. The third-order valence-corrected chi connectivity index (χ3v) is 4.19. The van der Waals surface area contributed by atoms with Crippen LogP contribution in [-0.2, 0) is 4.79 Å². The van der Waals surface area contributed by atoms with Gasteiger partial charge in [0, 0.05) is 6.42 Å². The third kappa shape index (κ3) is 2.96. The number of halogens is 2. The monoisotopic (exact) mass is 313 g/mol. The quantitative estimate of drug-likeness (QED) is 0.912. The summed E-state index contributed by atoms with van der Waals surface area (Å²) in [4.78, 5) is 16.2. The lowest BCUT2D eigenvalue weighted by atomic mass is 10.2. The summed E-state index contributed by atoms with van der Waals surface area (Å²) in [5, 5.41) is 5.48. The Labute approximate surface area is 123 Å². The molecule has 8 heteroatoms. The van der Waals surface area contributed by atoms with Crippen molar-refractivity contribution in [3.8, 4) is 5.75 Å². The van der Waals surface area contributed by atoms with E-state index in [0.717, 1.165) is 10.2 Å². The maximum absolute atomic E-state index is 13.1. The van der Waals surface area contributed by atoms with E-state index < -0.39 is 30.8 Å². The molecule has 1 fully saturated rings. The summed E-state index contributed by atoms with van der Waals surface area (Å²) in [6.07, 6.45) is -0.489. The van der Waals surface area contributed by atoms with Gasteiger partial charge in [0.15, 0.2) is 5.13 Å². The van der Waals surface area contributed by atoms with Crippen LogP contribution in [0.1, 0.15) is 6.42 Å². The summed E-state index contributed by atoms with van der Waals surface area (Å²) in [7, 11) is 1.57. The molecule has 1 aromatic heterocycles. The third-order valence-electron chi connectivity index (χ3n) is 3.25. The van der Waals surface area contributed by atoms with Gasteiger partial charge in [0.25, 0.3) is 5.92 Å². The lowest BCUT2D eigenvalue weighted by molar-refractivity contribution is -0.118. The van der Waals surface area contributed by atoms with Crippen molar-refractivity contribution < 1.29 is 18.3 Å². The molecule has 1 saturated heterocycles. The van der Waals surface area contributed by atoms with Crippen LogP contribution >= 0.6 is 11.3 Å². The predicted octanol–water partition coefficient (Wildman–Crippen LogP) is 2.24. The van der Waals surface area contributed by atoms with Crippen LogP contribution in [-0.4, -0.2) is 36.5 Å². The van der Waals surface area contributed by atoms with Crippen molar-refractivity contribution in [3.63, 3.8) is 0 Å². The highest BCUT2D eigenvalue weighted by Gasteiger charge is 2.42. The second-order valence-electron chi connectivity index (χ2n) is 4.84. The number of hydrogen-bond donors (Lipinski definition) is 2. The maximum Gasteiger partial charge on any atom is 0.262 e. The van der Waals surface area contributed by atoms with Gasteiger partial charge < -0.3 is 10.1 Å². The predicted molar refractivity (Wildman–Crippen MR) is 76.2 cm³/mol. The fourth-order valence-electron chi connectivity index (χ4n) is 2.18. The SMILES string of the molecule is COc1ccc2nc(NC(=O)C3CC(F)(F)CN3)sc2c1. The lowest BCUT2D eigenvalue weighted by Gasteiger charge is -2.08. The molecule has 1 aliphatic heterocycles. The summed E-state index contributed by atoms with van der Waals surface area (Å²) in [5.41, 5.74) is 0.723. The van der Waals surface area contributed by atoms with Gasteiger partial charge in [-0.2, -0.15) is 0 Å². The molecule has 0 saturated carbocycles. The molecule has 1 aliphatic rings. The summed E-state index contributed by atoms with van der Waals surface area (Å²) < 4.78 is 32.1. The van der Waals surface area contributed by atoms with Gasteiger partial charge in [0.2, 0.25) is 5.91 Å². The molecule has 1 aromatic carbocycles. The van der Waals surface area contributed by atoms with Gasteiger partial charge in [-0.15, -0.1) is 0 Å². The van der Waals surface area contributed by atoms with Crippen molar-refractivity contribution in [1.29, 1.82) is 0 Å². The Kier molecular flexibility index (Phi) is 3.50. The molecule has 3 rings (SSSR count). The minimum atomic E-state index is -2.83. The number of ether oxygens (including phenoxy) is 1. The zero-order chi connectivity index (χ0) is 15.0. The Bertz CT molecular complexity index is 689. The number of carbonyl (C=O) groups excluding carboxylic acids is 1.